The molecule has 6 aromatic rings. The molecule has 0 N–H and O–H groups in total. The van der Waals surface area contributed by atoms with Crippen LogP contribution in [0.1, 0.15) is 0 Å². The van der Waals surface area contributed by atoms with Crippen LogP contribution in [-0.4, -0.2) is 68.3 Å². The normalized spacial score (nSPS) is 16.2. The lowest BCUT2D eigenvalue weighted by atomic mass is 10.1. The van der Waals surface area contributed by atoms with Gasteiger partial charge in [-0.2, -0.15) is 0 Å². The minimum atomic E-state index is -0.566. The average molecular weight is 599 g/mol. The van der Waals surface area contributed by atoms with E-state index in [4.69, 9.17) is 0 Å². The highest BCUT2D eigenvalue weighted by atomic mass is 16.2. The average Bonchev–Trinajstić information content (AvgIpc) is 3.57. The molecule has 4 aliphatic heterocycles. The third-order valence-corrected chi connectivity index (χ3v) is 8.94. The van der Waals surface area contributed by atoms with Crippen LogP contribution in [0.4, 0.5) is 0 Å². The molecule has 12 bridgehead atoms. The second-order valence-corrected chi connectivity index (χ2v) is 11.5. The summed E-state index contributed by atoms with van der Waals surface area (Å²) in [6, 6.07) is 5.23. The highest BCUT2D eigenvalue weighted by molar-refractivity contribution is 5.98. The molecule has 0 unspecified atom stereocenters. The zero-order valence-electron chi connectivity index (χ0n) is 23.9. The standard InChI is InChI=1S/C30H26N6O8/c1-31-3-7-33-23(37)15-11-19-20(12-16(15)24(33)38)28(42)35(27(19)41)9-5-32(2)6-10-36-29(43)21-13-17-18(14-22(21)30(36)44)26(40)34(8-4-31)25(17)39/h11-14H,3-10H2,1-2H3. The Morgan fingerprint density at radius 3 is 0.636 bits per heavy atom. The molecule has 0 radical (unpaired) electrons. The number of likely N-dealkylation sites (N-methyl/N-ethyl adjacent to an activating group) is 2. The molecule has 8 heterocycles. The van der Waals surface area contributed by atoms with Gasteiger partial charge in [-0.3, -0.25) is 56.6 Å². The highest BCUT2D eigenvalue weighted by Gasteiger charge is 2.22. The van der Waals surface area contributed by atoms with Crippen molar-refractivity contribution >= 4 is 43.1 Å². The first-order valence-corrected chi connectivity index (χ1v) is 14.2. The van der Waals surface area contributed by atoms with Crippen LogP contribution < -0.4 is 44.5 Å². The predicted molar refractivity (Wildman–Crippen MR) is 165 cm³/mol. The van der Waals surface area contributed by atoms with Crippen molar-refractivity contribution in [3.05, 3.63) is 107 Å². The van der Waals surface area contributed by atoms with Gasteiger partial charge < -0.3 is 9.80 Å². The molecule has 0 fully saturated rings. The van der Waals surface area contributed by atoms with E-state index >= 15 is 0 Å². The largest absolute Gasteiger partial charge is 0.303 e. The zero-order valence-corrected chi connectivity index (χ0v) is 23.9. The van der Waals surface area contributed by atoms with Gasteiger partial charge in [-0.25, -0.2) is 0 Å². The van der Waals surface area contributed by atoms with Crippen LogP contribution in [-0.2, 0) is 26.2 Å². The highest BCUT2D eigenvalue weighted by Crippen LogP contribution is 2.16. The first-order valence-electron chi connectivity index (χ1n) is 14.2. The molecule has 0 amide bonds. The van der Waals surface area contributed by atoms with Crippen molar-refractivity contribution in [2.45, 2.75) is 26.2 Å². The zero-order chi connectivity index (χ0) is 31.2. The predicted octanol–water partition coefficient (Wildman–Crippen LogP) is -2.28. The monoisotopic (exact) mass is 598 g/mol. The molecular formula is C30H26N6O8. The first kappa shape index (κ1) is 27.7. The molecule has 10 rings (SSSR count). The minimum absolute atomic E-state index is 0.00340. The lowest BCUT2D eigenvalue weighted by Gasteiger charge is -2.16. The number of hydrogen-bond acceptors (Lipinski definition) is 10. The summed E-state index contributed by atoms with van der Waals surface area (Å²) in [6.07, 6.45) is 0. The van der Waals surface area contributed by atoms with Crippen molar-refractivity contribution in [1.29, 1.82) is 0 Å². The molecule has 224 valence electrons. The second-order valence-electron chi connectivity index (χ2n) is 11.5. The Hall–Kier alpha value is -5.08. The molecule has 0 atom stereocenters. The van der Waals surface area contributed by atoms with E-state index in [1.54, 1.807) is 23.9 Å². The Bertz CT molecular complexity index is 2110. The number of benzene rings is 2. The number of nitrogens with zero attached hydrogens (tertiary/aromatic N) is 6. The SMILES string of the molecule is CN1CCn2c(=O)c3cc4c(=O)n(c(=O)c4cc3c2=O)CCN(C)CCn2c(=O)c3cc4c(=O)n(c(=O)c4cc3c2=O)CC1. The van der Waals surface area contributed by atoms with Crippen LogP contribution in [0.25, 0.3) is 43.1 Å². The molecule has 0 saturated carbocycles. The van der Waals surface area contributed by atoms with Gasteiger partial charge in [0.05, 0.1) is 43.1 Å². The second kappa shape index (κ2) is 9.72. The first-order chi connectivity index (χ1) is 21.0. The molecular weight excluding hydrogens is 572 g/mol. The van der Waals surface area contributed by atoms with E-state index in [1.807, 2.05) is 0 Å². The Kier molecular flexibility index (Phi) is 6.13. The number of aromatic nitrogens is 4. The van der Waals surface area contributed by atoms with Gasteiger partial charge in [0, 0.05) is 52.4 Å². The maximum atomic E-state index is 13.2. The summed E-state index contributed by atoms with van der Waals surface area (Å²) in [5.74, 6) is 0. The van der Waals surface area contributed by atoms with Gasteiger partial charge in [-0.1, -0.05) is 0 Å². The molecule has 2 aromatic carbocycles. The summed E-state index contributed by atoms with van der Waals surface area (Å²) in [5.41, 5.74) is -4.52. The number of hydrogen-bond donors (Lipinski definition) is 0. The van der Waals surface area contributed by atoms with Gasteiger partial charge >= 0.3 is 0 Å². The van der Waals surface area contributed by atoms with Crippen molar-refractivity contribution < 1.29 is 0 Å². The Balaban J connectivity index is 1.35. The Labute approximate surface area is 244 Å². The van der Waals surface area contributed by atoms with Crippen LogP contribution in [0.15, 0.2) is 62.6 Å². The lowest BCUT2D eigenvalue weighted by molar-refractivity contribution is 0.301. The molecule has 44 heavy (non-hydrogen) atoms. The smallest absolute Gasteiger partial charge is 0.261 e. The van der Waals surface area contributed by atoms with Gasteiger partial charge in [-0.05, 0) is 38.4 Å². The van der Waals surface area contributed by atoms with E-state index in [2.05, 4.69) is 0 Å². The van der Waals surface area contributed by atoms with Gasteiger partial charge in [0.25, 0.3) is 44.5 Å². The van der Waals surface area contributed by atoms with E-state index in [0.717, 1.165) is 18.3 Å². The van der Waals surface area contributed by atoms with Gasteiger partial charge in [0.15, 0.2) is 0 Å². The van der Waals surface area contributed by atoms with Gasteiger partial charge in [0.1, 0.15) is 0 Å². The van der Waals surface area contributed by atoms with Crippen molar-refractivity contribution in [2.75, 3.05) is 40.3 Å². The van der Waals surface area contributed by atoms with Crippen molar-refractivity contribution in [1.82, 2.24) is 28.1 Å². The minimum Gasteiger partial charge on any atom is -0.303 e. The van der Waals surface area contributed by atoms with E-state index in [1.165, 1.54) is 24.3 Å². The van der Waals surface area contributed by atoms with Crippen LogP contribution in [0.3, 0.4) is 0 Å². The fourth-order valence-electron chi connectivity index (χ4n) is 6.27. The van der Waals surface area contributed by atoms with Crippen LogP contribution in [0.5, 0.6) is 0 Å². The summed E-state index contributed by atoms with van der Waals surface area (Å²) in [4.78, 5) is 109. The fourth-order valence-corrected chi connectivity index (χ4v) is 6.27. The number of rotatable bonds is 0. The Morgan fingerprint density at radius 1 is 0.318 bits per heavy atom. The molecule has 0 saturated heterocycles. The van der Waals surface area contributed by atoms with Gasteiger partial charge in [-0.15, -0.1) is 0 Å². The topological polar surface area (TPSA) is 163 Å². The van der Waals surface area contributed by atoms with Crippen molar-refractivity contribution in [2.24, 2.45) is 0 Å². The molecule has 14 heteroatoms. The van der Waals surface area contributed by atoms with E-state index in [0.29, 0.717) is 0 Å². The summed E-state index contributed by atoms with van der Waals surface area (Å²) >= 11 is 0. The summed E-state index contributed by atoms with van der Waals surface area (Å²) < 4.78 is 4.21. The van der Waals surface area contributed by atoms with Crippen LogP contribution >= 0.6 is 0 Å². The molecule has 4 aliphatic rings. The molecule has 0 spiro atoms. The Morgan fingerprint density at radius 2 is 0.477 bits per heavy atom. The quantitative estimate of drug-likeness (QED) is 0.186. The van der Waals surface area contributed by atoms with E-state index < -0.39 is 44.5 Å². The fraction of sp³-hybridized carbons (Fsp3) is 0.333. The molecule has 0 aliphatic carbocycles. The van der Waals surface area contributed by atoms with Crippen molar-refractivity contribution in [3.63, 3.8) is 0 Å². The maximum Gasteiger partial charge on any atom is 0.261 e. The lowest BCUT2D eigenvalue weighted by Crippen LogP contribution is -2.36. The van der Waals surface area contributed by atoms with E-state index in [9.17, 15) is 38.4 Å². The summed E-state index contributed by atoms with van der Waals surface area (Å²) in [5, 5.41) is 0.442. The summed E-state index contributed by atoms with van der Waals surface area (Å²) in [7, 11) is 3.41. The molecule has 14 nitrogen and oxygen atoms in total. The third-order valence-electron chi connectivity index (χ3n) is 8.94. The van der Waals surface area contributed by atoms with Crippen molar-refractivity contribution in [3.8, 4) is 0 Å². The van der Waals surface area contributed by atoms with Crippen LogP contribution in [0.2, 0.25) is 0 Å². The van der Waals surface area contributed by atoms with Gasteiger partial charge in [0.2, 0.25) is 0 Å². The molecule has 4 aromatic heterocycles. The van der Waals surface area contributed by atoms with E-state index in [-0.39, 0.29) is 95.4 Å². The summed E-state index contributed by atoms with van der Waals surface area (Å²) in [6.45, 7) is 0.905. The van der Waals surface area contributed by atoms with Crippen LogP contribution in [0, 0.1) is 0 Å². The maximum absolute atomic E-state index is 13.2. The third kappa shape index (κ3) is 3.87.